The van der Waals surface area contributed by atoms with Crippen LogP contribution in [0.1, 0.15) is 49.1 Å². The number of nitrogens with zero attached hydrogens (tertiary/aromatic N) is 1. The van der Waals surface area contributed by atoms with E-state index in [1.165, 1.54) is 37.7 Å². The summed E-state index contributed by atoms with van der Waals surface area (Å²) in [5, 5.41) is 9.19. The minimum absolute atomic E-state index is 0.631. The lowest BCUT2D eigenvalue weighted by atomic mass is 9.50. The molecule has 4 aliphatic carbocycles. The Morgan fingerprint density at radius 1 is 1.05 bits per heavy atom. The van der Waals surface area contributed by atoms with Crippen molar-refractivity contribution in [2.75, 3.05) is 7.11 Å². The maximum atomic E-state index is 9.19. The van der Waals surface area contributed by atoms with Gasteiger partial charge in [-0.3, -0.25) is 0 Å². The zero-order valence-corrected chi connectivity index (χ0v) is 12.0. The van der Waals surface area contributed by atoms with Crippen LogP contribution in [0.5, 0.6) is 5.75 Å². The highest BCUT2D eigenvalue weighted by Crippen LogP contribution is 2.60. The van der Waals surface area contributed by atoms with Crippen LogP contribution in [0.4, 0.5) is 0 Å². The average Bonchev–Trinajstić information content (AvgIpc) is 2.46. The minimum atomic E-state index is 0.631. The summed E-state index contributed by atoms with van der Waals surface area (Å²) in [6.07, 6.45) is 7.08. The lowest BCUT2D eigenvalue weighted by Crippen LogP contribution is -2.43. The molecule has 0 aliphatic heterocycles. The fourth-order valence-electron chi connectivity index (χ4n) is 5.50. The molecular weight excluding hydrogens is 246 g/mol. The summed E-state index contributed by atoms with van der Waals surface area (Å²) in [7, 11) is 1.75. The van der Waals surface area contributed by atoms with Crippen LogP contribution in [0.15, 0.2) is 18.2 Å². The molecule has 0 spiro atoms. The SMILES string of the molecule is COc1ccc(C#N)cc1C1C2CC3CC(C2)CC1C3. The Balaban J connectivity index is 1.75. The average molecular weight is 267 g/mol. The van der Waals surface area contributed by atoms with Gasteiger partial charge in [0.1, 0.15) is 5.75 Å². The highest BCUT2D eigenvalue weighted by molar-refractivity contribution is 5.45. The van der Waals surface area contributed by atoms with Gasteiger partial charge < -0.3 is 4.74 Å². The molecule has 0 atom stereocenters. The fraction of sp³-hybridized carbons (Fsp3) is 0.611. The maximum Gasteiger partial charge on any atom is 0.122 e. The van der Waals surface area contributed by atoms with Gasteiger partial charge in [-0.1, -0.05) is 0 Å². The van der Waals surface area contributed by atoms with Crippen LogP contribution < -0.4 is 4.74 Å². The van der Waals surface area contributed by atoms with Gasteiger partial charge in [0.05, 0.1) is 18.7 Å². The van der Waals surface area contributed by atoms with Crippen LogP contribution >= 0.6 is 0 Å². The van der Waals surface area contributed by atoms with E-state index < -0.39 is 0 Å². The van der Waals surface area contributed by atoms with Gasteiger partial charge in [-0.2, -0.15) is 5.26 Å². The standard InChI is InChI=1S/C18H21NO/c1-20-17-3-2-11(10-19)9-16(17)18-14-5-12-4-13(7-14)8-15(18)6-12/h2-3,9,12-15,18H,4-8H2,1H3. The van der Waals surface area contributed by atoms with Crippen LogP contribution in [-0.2, 0) is 0 Å². The molecule has 0 amide bonds. The molecule has 0 saturated heterocycles. The molecule has 0 radical (unpaired) electrons. The van der Waals surface area contributed by atoms with Gasteiger partial charge in [0.15, 0.2) is 0 Å². The molecule has 4 aliphatic rings. The van der Waals surface area contributed by atoms with Gasteiger partial charge >= 0.3 is 0 Å². The molecule has 4 saturated carbocycles. The maximum absolute atomic E-state index is 9.19. The molecule has 0 N–H and O–H groups in total. The third kappa shape index (κ3) is 1.76. The summed E-state index contributed by atoms with van der Waals surface area (Å²) in [5.41, 5.74) is 2.08. The second kappa shape index (κ2) is 4.52. The molecule has 0 unspecified atom stereocenters. The van der Waals surface area contributed by atoms with Gasteiger partial charge in [0.25, 0.3) is 0 Å². The first-order valence-electron chi connectivity index (χ1n) is 7.86. The van der Waals surface area contributed by atoms with Crippen molar-refractivity contribution in [1.29, 1.82) is 5.26 Å². The number of hydrogen-bond acceptors (Lipinski definition) is 2. The highest BCUT2D eigenvalue weighted by atomic mass is 16.5. The first-order valence-corrected chi connectivity index (χ1v) is 7.86. The van der Waals surface area contributed by atoms with Crippen molar-refractivity contribution in [2.45, 2.75) is 38.0 Å². The molecule has 2 heteroatoms. The zero-order chi connectivity index (χ0) is 13.7. The number of ether oxygens (including phenoxy) is 1. The molecule has 1 aromatic carbocycles. The van der Waals surface area contributed by atoms with Crippen molar-refractivity contribution in [3.05, 3.63) is 29.3 Å². The summed E-state index contributed by atoms with van der Waals surface area (Å²) in [4.78, 5) is 0. The molecule has 1 aromatic rings. The molecule has 0 aromatic heterocycles. The molecule has 0 heterocycles. The summed E-state index contributed by atoms with van der Waals surface area (Å²) >= 11 is 0. The Bertz CT molecular complexity index is 543. The van der Waals surface area contributed by atoms with Gasteiger partial charge in [-0.25, -0.2) is 0 Å². The summed E-state index contributed by atoms with van der Waals surface area (Å²) in [6.45, 7) is 0. The number of hydrogen-bond donors (Lipinski definition) is 0. The van der Waals surface area contributed by atoms with Crippen molar-refractivity contribution < 1.29 is 4.74 Å². The normalized spacial score (nSPS) is 37.7. The van der Waals surface area contributed by atoms with Crippen LogP contribution in [-0.4, -0.2) is 7.11 Å². The fourth-order valence-corrected chi connectivity index (χ4v) is 5.50. The lowest BCUT2D eigenvalue weighted by molar-refractivity contribution is -0.00347. The second-order valence-corrected chi connectivity index (χ2v) is 7.03. The molecule has 2 nitrogen and oxygen atoms in total. The van der Waals surface area contributed by atoms with E-state index in [4.69, 9.17) is 4.74 Å². The summed E-state index contributed by atoms with van der Waals surface area (Å²) in [5.74, 6) is 5.24. The highest BCUT2D eigenvalue weighted by Gasteiger charge is 2.49. The molecule has 4 fully saturated rings. The van der Waals surface area contributed by atoms with E-state index in [0.717, 1.165) is 35.0 Å². The predicted octanol–water partition coefficient (Wildman–Crippen LogP) is 4.11. The van der Waals surface area contributed by atoms with Crippen LogP contribution in [0, 0.1) is 35.0 Å². The predicted molar refractivity (Wildman–Crippen MR) is 77.5 cm³/mol. The first-order chi connectivity index (χ1) is 9.78. The van der Waals surface area contributed by atoms with E-state index in [-0.39, 0.29) is 0 Å². The Labute approximate surface area is 120 Å². The van der Waals surface area contributed by atoms with Crippen molar-refractivity contribution in [2.24, 2.45) is 23.7 Å². The topological polar surface area (TPSA) is 33.0 Å². The quantitative estimate of drug-likeness (QED) is 0.808. The third-order valence-electron chi connectivity index (χ3n) is 5.94. The molecule has 104 valence electrons. The third-order valence-corrected chi connectivity index (χ3v) is 5.94. The van der Waals surface area contributed by atoms with E-state index in [9.17, 15) is 5.26 Å². The Kier molecular flexibility index (Phi) is 2.77. The largest absolute Gasteiger partial charge is 0.496 e. The smallest absolute Gasteiger partial charge is 0.122 e. The van der Waals surface area contributed by atoms with Gasteiger partial charge in [-0.05, 0) is 85.5 Å². The number of rotatable bonds is 2. The molecule has 5 rings (SSSR count). The lowest BCUT2D eigenvalue weighted by Gasteiger charge is -2.54. The number of nitriles is 1. The van der Waals surface area contributed by atoms with E-state index in [0.29, 0.717) is 5.92 Å². The minimum Gasteiger partial charge on any atom is -0.496 e. The monoisotopic (exact) mass is 267 g/mol. The van der Waals surface area contributed by atoms with Crippen LogP contribution in [0.2, 0.25) is 0 Å². The summed E-state index contributed by atoms with van der Waals surface area (Å²) in [6, 6.07) is 8.23. The van der Waals surface area contributed by atoms with Crippen molar-refractivity contribution in [1.82, 2.24) is 0 Å². The van der Waals surface area contributed by atoms with Crippen molar-refractivity contribution >= 4 is 0 Å². The van der Waals surface area contributed by atoms with Crippen LogP contribution in [0.25, 0.3) is 0 Å². The Hall–Kier alpha value is -1.49. The Morgan fingerprint density at radius 2 is 1.70 bits per heavy atom. The first kappa shape index (κ1) is 12.3. The Morgan fingerprint density at radius 3 is 2.25 bits per heavy atom. The zero-order valence-electron chi connectivity index (χ0n) is 12.0. The van der Waals surface area contributed by atoms with E-state index in [1.807, 2.05) is 12.1 Å². The van der Waals surface area contributed by atoms with Gasteiger partial charge in [-0.15, -0.1) is 0 Å². The van der Waals surface area contributed by atoms with E-state index in [2.05, 4.69) is 12.1 Å². The second-order valence-electron chi connectivity index (χ2n) is 7.03. The van der Waals surface area contributed by atoms with Crippen molar-refractivity contribution in [3.63, 3.8) is 0 Å². The van der Waals surface area contributed by atoms with E-state index >= 15 is 0 Å². The van der Waals surface area contributed by atoms with Crippen molar-refractivity contribution in [3.8, 4) is 11.8 Å². The molecular formula is C18H21NO. The van der Waals surface area contributed by atoms with E-state index in [1.54, 1.807) is 7.11 Å². The van der Waals surface area contributed by atoms with Gasteiger partial charge in [0, 0.05) is 0 Å². The molecule has 4 bridgehead atoms. The summed E-state index contributed by atoms with van der Waals surface area (Å²) < 4.78 is 5.59. The number of benzene rings is 1. The number of methoxy groups -OCH3 is 1. The molecule has 20 heavy (non-hydrogen) atoms. The van der Waals surface area contributed by atoms with Gasteiger partial charge in [0.2, 0.25) is 0 Å². The van der Waals surface area contributed by atoms with Crippen LogP contribution in [0.3, 0.4) is 0 Å².